The molecular weight excluding hydrogens is 1160 g/mol. The van der Waals surface area contributed by atoms with Crippen LogP contribution in [0, 0.1) is 22.7 Å². The predicted molar refractivity (Wildman–Crippen MR) is 393 cm³/mol. The van der Waals surface area contributed by atoms with E-state index in [1.807, 2.05) is 30.3 Å². The summed E-state index contributed by atoms with van der Waals surface area (Å²) >= 11 is 0. The number of nitriles is 2. The Morgan fingerprint density at radius 1 is 0.240 bits per heavy atom. The molecule has 0 radical (unpaired) electrons. The number of rotatable bonds is 7. The molecule has 0 N–H and O–H groups in total. The second kappa shape index (κ2) is 20.3. The van der Waals surface area contributed by atoms with Gasteiger partial charge in [0.25, 0.3) is 0 Å². The third-order valence-corrected chi connectivity index (χ3v) is 21.4. The summed E-state index contributed by atoms with van der Waals surface area (Å²) in [6, 6.07) is 125. The molecule has 0 saturated carbocycles. The number of para-hydroxylation sites is 1. The maximum atomic E-state index is 10.7. The van der Waals surface area contributed by atoms with Gasteiger partial charge in [-0.1, -0.05) is 249 Å². The van der Waals surface area contributed by atoms with Crippen LogP contribution in [0.5, 0.6) is 0 Å². The fraction of sp³-hybridized carbons (Fsp3) is 0.0217. The van der Waals surface area contributed by atoms with Gasteiger partial charge in [0.15, 0.2) is 0 Å². The number of anilines is 6. The highest BCUT2D eigenvalue weighted by molar-refractivity contribution is 6.18. The first-order valence-electron chi connectivity index (χ1n) is 32.9. The maximum absolute atomic E-state index is 10.7. The van der Waals surface area contributed by atoms with Gasteiger partial charge in [0.05, 0.1) is 45.5 Å². The Balaban J connectivity index is 0.832. The summed E-state index contributed by atoms with van der Waals surface area (Å²) in [6.45, 7) is 0. The quantitative estimate of drug-likeness (QED) is 0.160. The minimum absolute atomic E-state index is 0.586. The van der Waals surface area contributed by atoms with Gasteiger partial charge in [0.2, 0.25) is 0 Å². The van der Waals surface area contributed by atoms with E-state index in [4.69, 9.17) is 0 Å². The Morgan fingerprint density at radius 2 is 0.656 bits per heavy atom. The van der Waals surface area contributed by atoms with E-state index >= 15 is 0 Å². The third kappa shape index (κ3) is 7.14. The van der Waals surface area contributed by atoms with E-state index in [-0.39, 0.29) is 0 Å². The van der Waals surface area contributed by atoms with Crippen LogP contribution in [0.2, 0.25) is 0 Å². The maximum Gasteiger partial charge on any atom is 0.0992 e. The van der Waals surface area contributed by atoms with Crippen molar-refractivity contribution in [2.24, 2.45) is 0 Å². The van der Waals surface area contributed by atoms with Crippen molar-refractivity contribution < 1.29 is 0 Å². The van der Waals surface area contributed by atoms with Gasteiger partial charge in [0, 0.05) is 33.5 Å². The second-order valence-corrected chi connectivity index (χ2v) is 25.9. The minimum Gasteiger partial charge on any atom is -0.310 e. The van der Waals surface area contributed by atoms with Gasteiger partial charge in [-0.25, -0.2) is 0 Å². The lowest BCUT2D eigenvalue weighted by Crippen LogP contribution is -2.26. The van der Waals surface area contributed by atoms with Gasteiger partial charge >= 0.3 is 0 Å². The van der Waals surface area contributed by atoms with Gasteiger partial charge in [-0.2, -0.15) is 10.5 Å². The summed E-state index contributed by atoms with van der Waals surface area (Å²) in [5, 5.41) is 30.1. The van der Waals surface area contributed by atoms with Crippen molar-refractivity contribution in [1.82, 2.24) is 0 Å². The molecule has 0 heterocycles. The molecule has 96 heavy (non-hydrogen) atoms. The molecule has 0 aliphatic heterocycles. The SMILES string of the molecule is N#Cc1ccc(N(c2ccccc2)c2cc3c(c4ccccc24)-c2ccc4c(-c5cccc(N(c6cccc(C#N)c6)c6cc7c(c8ccccc68)-c6ccc8ccccc8c6C76c7ccccc7-c7ccccc76)c5)cccc4c2C32c3ccccc3-c3ccccc32)cc1. The molecule has 0 saturated heterocycles. The molecule has 20 rings (SSSR count). The highest BCUT2D eigenvalue weighted by Crippen LogP contribution is 2.68. The summed E-state index contributed by atoms with van der Waals surface area (Å²) < 4.78 is 0. The fourth-order valence-electron chi connectivity index (χ4n) is 17.9. The molecule has 0 fully saturated rings. The molecule has 0 atom stereocenters. The second-order valence-electron chi connectivity index (χ2n) is 25.9. The lowest BCUT2D eigenvalue weighted by molar-refractivity contribution is 0.802. The van der Waals surface area contributed by atoms with Crippen LogP contribution in [0.4, 0.5) is 34.1 Å². The monoisotopic (exact) mass is 1210 g/mol. The van der Waals surface area contributed by atoms with Crippen molar-refractivity contribution in [3.05, 3.63) is 383 Å². The average Bonchev–Trinajstić information content (AvgIpc) is 1.50. The van der Waals surface area contributed by atoms with Crippen molar-refractivity contribution in [2.45, 2.75) is 10.8 Å². The molecule has 2 spiro atoms. The summed E-state index contributed by atoms with van der Waals surface area (Å²) in [6.07, 6.45) is 0. The molecule has 4 aliphatic carbocycles. The molecule has 4 aliphatic rings. The van der Waals surface area contributed by atoms with Crippen molar-refractivity contribution >= 4 is 77.2 Å². The lowest BCUT2D eigenvalue weighted by Gasteiger charge is -2.34. The number of fused-ring (bicyclic) bond motifs is 28. The number of benzene rings is 16. The van der Waals surface area contributed by atoms with Crippen molar-refractivity contribution in [3.8, 4) is 67.8 Å². The van der Waals surface area contributed by atoms with Gasteiger partial charge in [0.1, 0.15) is 0 Å². The van der Waals surface area contributed by atoms with Gasteiger partial charge in [-0.3, -0.25) is 0 Å². The lowest BCUT2D eigenvalue weighted by atomic mass is 9.69. The standard InChI is InChI=1S/C92H54N4/c93-55-57-43-46-62(47-44-57)95(61-24-2-1-3-25-61)85-53-84-88(74-35-8-6-33-72(74)85)78-50-49-67-65(37-20-38-76(67)90(78)92(84)81-41-16-12-31-70(81)71-32-13-17-42-82(71)92)60-23-19-27-64(52-60)96(63-26-18-21-58(51-63)56-94)86-54-83-87(75-36-9-7-34-73(75)86)77-48-45-59-22-4-5-28-66(59)89(77)91(83)79-39-14-10-29-68(79)69-30-11-15-40-80(69)91/h1-54H. The highest BCUT2D eigenvalue weighted by atomic mass is 15.2. The van der Waals surface area contributed by atoms with Crippen molar-refractivity contribution in [2.75, 3.05) is 9.80 Å². The normalized spacial score (nSPS) is 13.4. The van der Waals surface area contributed by atoms with E-state index in [1.165, 1.54) is 116 Å². The average molecular weight is 1220 g/mol. The number of nitrogens with zero attached hydrogens (tertiary/aromatic N) is 4. The van der Waals surface area contributed by atoms with Crippen LogP contribution in [-0.2, 0) is 10.8 Å². The predicted octanol–water partition coefficient (Wildman–Crippen LogP) is 23.3. The van der Waals surface area contributed by atoms with Crippen LogP contribution in [0.3, 0.4) is 0 Å². The molecule has 0 bridgehead atoms. The van der Waals surface area contributed by atoms with Gasteiger partial charge in [-0.05, 0) is 211 Å². The smallest absolute Gasteiger partial charge is 0.0992 e. The summed E-state index contributed by atoms with van der Waals surface area (Å²) in [7, 11) is 0. The Hall–Kier alpha value is -12.9. The molecule has 0 amide bonds. The van der Waals surface area contributed by atoms with Crippen LogP contribution in [-0.4, -0.2) is 0 Å². The largest absolute Gasteiger partial charge is 0.310 e. The van der Waals surface area contributed by atoms with E-state index in [2.05, 4.69) is 319 Å². The molecule has 442 valence electrons. The van der Waals surface area contributed by atoms with E-state index in [0.29, 0.717) is 11.1 Å². The highest BCUT2D eigenvalue weighted by Gasteiger charge is 2.55. The van der Waals surface area contributed by atoms with Gasteiger partial charge < -0.3 is 9.80 Å². The number of hydrogen-bond donors (Lipinski definition) is 0. The van der Waals surface area contributed by atoms with Crippen LogP contribution < -0.4 is 9.80 Å². The van der Waals surface area contributed by atoms with Crippen LogP contribution in [0.25, 0.3) is 98.7 Å². The Labute approximate surface area is 556 Å². The minimum atomic E-state index is -0.732. The first-order chi connectivity index (χ1) is 47.6. The first kappa shape index (κ1) is 53.8. The molecular formula is C92H54N4. The first-order valence-corrected chi connectivity index (χ1v) is 32.9. The molecule has 0 aromatic heterocycles. The third-order valence-electron chi connectivity index (χ3n) is 21.4. The van der Waals surface area contributed by atoms with Gasteiger partial charge in [-0.15, -0.1) is 0 Å². The van der Waals surface area contributed by atoms with E-state index < -0.39 is 10.8 Å². The van der Waals surface area contributed by atoms with Crippen molar-refractivity contribution in [1.29, 1.82) is 10.5 Å². The number of hydrogen-bond acceptors (Lipinski definition) is 4. The summed E-state index contributed by atoms with van der Waals surface area (Å²) in [4.78, 5) is 4.78. The fourth-order valence-corrected chi connectivity index (χ4v) is 17.9. The summed E-state index contributed by atoms with van der Waals surface area (Å²) in [5.41, 5.74) is 28.0. The zero-order chi connectivity index (χ0) is 63.4. The molecule has 16 aromatic carbocycles. The topological polar surface area (TPSA) is 54.1 Å². The Morgan fingerprint density at radius 3 is 1.23 bits per heavy atom. The van der Waals surface area contributed by atoms with Crippen LogP contribution in [0.15, 0.2) is 328 Å². The molecule has 0 unspecified atom stereocenters. The Kier molecular flexibility index (Phi) is 11.4. The van der Waals surface area contributed by atoms with E-state index in [1.54, 1.807) is 0 Å². The summed E-state index contributed by atoms with van der Waals surface area (Å²) in [5.74, 6) is 0. The zero-order valence-electron chi connectivity index (χ0n) is 52.0. The van der Waals surface area contributed by atoms with Crippen molar-refractivity contribution in [3.63, 3.8) is 0 Å². The molecule has 16 aromatic rings. The van der Waals surface area contributed by atoms with Crippen LogP contribution in [0.1, 0.15) is 55.6 Å². The zero-order valence-corrected chi connectivity index (χ0v) is 52.0. The van der Waals surface area contributed by atoms with Crippen LogP contribution >= 0.6 is 0 Å². The molecule has 4 nitrogen and oxygen atoms in total. The molecule has 4 heteroatoms. The van der Waals surface area contributed by atoms with E-state index in [9.17, 15) is 10.5 Å². The Bertz CT molecular complexity index is 6050. The van der Waals surface area contributed by atoms with E-state index in [0.717, 1.165) is 61.4 Å².